The molecule has 0 aromatic carbocycles. The summed E-state index contributed by atoms with van der Waals surface area (Å²) in [6.07, 6.45) is 10.8. The Morgan fingerprint density at radius 2 is 1.58 bits per heavy atom. The van der Waals surface area contributed by atoms with E-state index in [0.717, 1.165) is 50.5 Å². The quantitative estimate of drug-likeness (QED) is 0.222. The first kappa shape index (κ1) is 40.0. The lowest BCUT2D eigenvalue weighted by atomic mass is 9.70. The second kappa shape index (κ2) is 17.4. The van der Waals surface area contributed by atoms with Crippen molar-refractivity contribution >= 4 is 11.8 Å². The van der Waals surface area contributed by atoms with Gasteiger partial charge in [0.1, 0.15) is 24.4 Å². The largest absolute Gasteiger partial charge is 0.462 e. The zero-order valence-electron chi connectivity index (χ0n) is 32.9. The molecular formula is C41H65NO10. The number of likely N-dealkylation sites (N-methyl/N-ethyl adjacent to an activating group) is 1. The summed E-state index contributed by atoms with van der Waals surface area (Å²) in [5, 5.41) is 0. The molecule has 6 aliphatic rings. The highest BCUT2D eigenvalue weighted by Crippen LogP contribution is 2.54. The summed E-state index contributed by atoms with van der Waals surface area (Å²) in [4.78, 5) is 30.4. The molecule has 3 aliphatic carbocycles. The maximum atomic E-state index is 14.7. The summed E-state index contributed by atoms with van der Waals surface area (Å²) in [5.74, 6) is 0.0198. The molecule has 0 amide bonds. The summed E-state index contributed by atoms with van der Waals surface area (Å²) >= 11 is 0. The number of cyclic esters (lactones) is 1. The molecule has 0 N–H and O–H groups in total. The van der Waals surface area contributed by atoms with Gasteiger partial charge in [-0.2, -0.15) is 0 Å². The SMILES string of the molecule is CC[C@H]1CCC[C@H](O[C@H]2CC[C@H](N(C)C)C(C)O2)[C@@H](C)C(=O)C2=C[C@@H]3[C@@H](C=C[C@@H]4C[C@@H](O[C@@H]5OC(C)[C@H](OC)C(OC)[C@@H]5OC)C[C@@H]34)[C@@H]2CC(=O)O1. The maximum Gasteiger partial charge on any atom is 0.306 e. The van der Waals surface area contributed by atoms with E-state index >= 15 is 0 Å². The maximum absolute atomic E-state index is 14.7. The molecule has 52 heavy (non-hydrogen) atoms. The third kappa shape index (κ3) is 8.27. The predicted octanol–water partition coefficient (Wildman–Crippen LogP) is 5.49. The van der Waals surface area contributed by atoms with Crippen molar-refractivity contribution in [3.63, 3.8) is 0 Å². The Morgan fingerprint density at radius 1 is 0.827 bits per heavy atom. The number of Topliss-reactive ketones (excluding diaryl/α,β-unsaturated/α-hetero) is 1. The lowest BCUT2D eigenvalue weighted by molar-refractivity contribution is -0.314. The molecular weight excluding hydrogens is 666 g/mol. The van der Waals surface area contributed by atoms with Crippen molar-refractivity contribution in [3.8, 4) is 0 Å². The molecule has 1 saturated carbocycles. The van der Waals surface area contributed by atoms with Crippen LogP contribution in [0.5, 0.6) is 0 Å². The number of ketones is 1. The molecule has 0 aromatic rings. The monoisotopic (exact) mass is 731 g/mol. The van der Waals surface area contributed by atoms with Crippen molar-refractivity contribution in [1.82, 2.24) is 4.90 Å². The van der Waals surface area contributed by atoms with Gasteiger partial charge in [-0.15, -0.1) is 0 Å². The number of allylic oxidation sites excluding steroid dienone is 4. The Morgan fingerprint density at radius 3 is 2.25 bits per heavy atom. The third-order valence-electron chi connectivity index (χ3n) is 13.3. The minimum atomic E-state index is -0.594. The minimum Gasteiger partial charge on any atom is -0.462 e. The van der Waals surface area contributed by atoms with Crippen LogP contribution in [-0.2, 0) is 47.5 Å². The summed E-state index contributed by atoms with van der Waals surface area (Å²) < 4.78 is 49.5. The molecule has 0 spiro atoms. The van der Waals surface area contributed by atoms with E-state index in [9.17, 15) is 9.59 Å². The molecule has 0 radical (unpaired) electrons. The minimum absolute atomic E-state index is 0.0380. The second-order valence-corrected chi connectivity index (χ2v) is 16.5. The van der Waals surface area contributed by atoms with Crippen molar-refractivity contribution in [1.29, 1.82) is 0 Å². The van der Waals surface area contributed by atoms with Gasteiger partial charge in [-0.3, -0.25) is 9.59 Å². The summed E-state index contributed by atoms with van der Waals surface area (Å²) in [7, 11) is 9.15. The fraction of sp³-hybridized carbons (Fsp3) is 0.854. The number of esters is 1. The zero-order valence-corrected chi connectivity index (χ0v) is 32.9. The Labute approximate surface area is 311 Å². The Hall–Kier alpha value is -1.70. The van der Waals surface area contributed by atoms with E-state index in [1.807, 2.05) is 13.8 Å². The Balaban J connectivity index is 1.20. The molecule has 11 nitrogen and oxygen atoms in total. The number of carbonyl (C=O) groups is 2. The molecule has 4 fully saturated rings. The van der Waals surface area contributed by atoms with Crippen molar-refractivity contribution < 1.29 is 47.5 Å². The van der Waals surface area contributed by atoms with Gasteiger partial charge < -0.3 is 42.8 Å². The van der Waals surface area contributed by atoms with Gasteiger partial charge in [-0.1, -0.05) is 32.1 Å². The number of methoxy groups -OCH3 is 3. The Kier molecular flexibility index (Phi) is 13.4. The summed E-state index contributed by atoms with van der Waals surface area (Å²) in [6.45, 7) is 8.17. The number of hydrogen-bond donors (Lipinski definition) is 0. The van der Waals surface area contributed by atoms with Crippen LogP contribution in [0.15, 0.2) is 23.8 Å². The van der Waals surface area contributed by atoms with E-state index in [4.69, 9.17) is 37.9 Å². The van der Waals surface area contributed by atoms with Gasteiger partial charge in [0.2, 0.25) is 0 Å². The Bertz CT molecular complexity index is 1290. The van der Waals surface area contributed by atoms with Crippen molar-refractivity contribution in [2.45, 2.75) is 153 Å². The van der Waals surface area contributed by atoms with Crippen molar-refractivity contribution in [2.24, 2.45) is 35.5 Å². The zero-order chi connectivity index (χ0) is 37.3. The highest BCUT2D eigenvalue weighted by atomic mass is 16.7. The van der Waals surface area contributed by atoms with E-state index in [-0.39, 0.29) is 96.8 Å². The van der Waals surface area contributed by atoms with Gasteiger partial charge in [0.25, 0.3) is 0 Å². The molecule has 3 aliphatic heterocycles. The van der Waals surface area contributed by atoms with Crippen LogP contribution < -0.4 is 0 Å². The molecule has 3 heterocycles. The van der Waals surface area contributed by atoms with Gasteiger partial charge in [0.05, 0.1) is 30.8 Å². The second-order valence-electron chi connectivity index (χ2n) is 16.5. The van der Waals surface area contributed by atoms with Crippen LogP contribution in [0.2, 0.25) is 0 Å². The molecule has 3 saturated heterocycles. The van der Waals surface area contributed by atoms with Gasteiger partial charge in [0, 0.05) is 39.2 Å². The highest BCUT2D eigenvalue weighted by Gasteiger charge is 2.52. The standard InChI is InChI=1S/C41H65NO10/c1-10-26-12-11-13-34(52-36-17-16-33(42(5)6)23(3)48-36)22(2)37(44)32-20-30-28(31(32)21-35(43)50-26)15-14-25-18-27(19-29(25)30)51-41-40(47-9)39(46-8)38(45-7)24(4)49-41/h14-15,20,22-31,33-34,36,38-41H,10-13,16-19,21H2,1-9H3/t22-,23?,24?,25-,26+,27-,28-,29-,30-,31+,33+,34+,36+,38+,39?,40+,41+/m1/s1. The van der Waals surface area contributed by atoms with E-state index in [1.54, 1.807) is 21.3 Å². The fourth-order valence-electron chi connectivity index (χ4n) is 10.4. The topological polar surface area (TPSA) is 111 Å². The number of hydrogen-bond acceptors (Lipinski definition) is 11. The van der Waals surface area contributed by atoms with Crippen LogP contribution in [0.4, 0.5) is 0 Å². The van der Waals surface area contributed by atoms with E-state index < -0.39 is 12.4 Å². The van der Waals surface area contributed by atoms with Crippen LogP contribution in [0.1, 0.15) is 85.5 Å². The van der Waals surface area contributed by atoms with E-state index in [1.165, 1.54) is 0 Å². The molecule has 17 atom stereocenters. The summed E-state index contributed by atoms with van der Waals surface area (Å²) in [5.41, 5.74) is 0.763. The van der Waals surface area contributed by atoms with Gasteiger partial charge in [0.15, 0.2) is 18.4 Å². The number of rotatable bonds is 9. The normalized spacial score (nSPS) is 45.7. The van der Waals surface area contributed by atoms with Crippen LogP contribution in [0.25, 0.3) is 0 Å². The molecule has 6 rings (SSSR count). The summed E-state index contributed by atoms with van der Waals surface area (Å²) in [6, 6.07) is 0.339. The lowest BCUT2D eigenvalue weighted by Gasteiger charge is -2.44. The molecule has 11 heteroatoms. The van der Waals surface area contributed by atoms with Crippen LogP contribution >= 0.6 is 0 Å². The number of fused-ring (bicyclic) bond motifs is 5. The molecule has 0 aromatic heterocycles. The molecule has 0 bridgehead atoms. The highest BCUT2D eigenvalue weighted by molar-refractivity contribution is 5.99. The van der Waals surface area contributed by atoms with E-state index in [0.29, 0.717) is 18.4 Å². The molecule has 3 unspecified atom stereocenters. The first-order chi connectivity index (χ1) is 25.0. The fourth-order valence-corrected chi connectivity index (χ4v) is 10.4. The van der Waals surface area contributed by atoms with Gasteiger partial charge in [-0.25, -0.2) is 0 Å². The number of carbonyl (C=O) groups excluding carboxylic acids is 2. The van der Waals surface area contributed by atoms with Crippen LogP contribution in [-0.4, -0.2) is 120 Å². The third-order valence-corrected chi connectivity index (χ3v) is 13.3. The van der Waals surface area contributed by atoms with Gasteiger partial charge in [-0.05, 0) is 109 Å². The first-order valence-corrected chi connectivity index (χ1v) is 20.0. The predicted molar refractivity (Wildman–Crippen MR) is 194 cm³/mol. The molecule has 294 valence electrons. The smallest absolute Gasteiger partial charge is 0.306 e. The first-order valence-electron chi connectivity index (χ1n) is 20.0. The van der Waals surface area contributed by atoms with Crippen molar-refractivity contribution in [3.05, 3.63) is 23.8 Å². The average molecular weight is 732 g/mol. The van der Waals surface area contributed by atoms with Crippen LogP contribution in [0.3, 0.4) is 0 Å². The van der Waals surface area contributed by atoms with Crippen LogP contribution in [0, 0.1) is 35.5 Å². The van der Waals surface area contributed by atoms with Crippen molar-refractivity contribution in [2.75, 3.05) is 35.4 Å². The average Bonchev–Trinajstić information content (AvgIpc) is 3.70. The number of nitrogens with zero attached hydrogens (tertiary/aromatic N) is 1. The van der Waals surface area contributed by atoms with E-state index in [2.05, 4.69) is 51.1 Å². The lowest BCUT2D eigenvalue weighted by Crippen LogP contribution is -2.59. The number of ether oxygens (including phenoxy) is 8. The van der Waals surface area contributed by atoms with Gasteiger partial charge >= 0.3 is 5.97 Å².